The normalized spacial score (nSPS) is 14.3. The molecule has 124 valence electrons. The topological polar surface area (TPSA) is 100 Å². The minimum Gasteiger partial charge on any atom is -0.481 e. The number of carboxylic acid groups (broad SMARTS) is 1. The van der Waals surface area contributed by atoms with Gasteiger partial charge < -0.3 is 10.1 Å². The number of sulfone groups is 1. The Morgan fingerprint density at radius 2 is 2.00 bits per heavy atom. The number of imidazole rings is 1. The van der Waals surface area contributed by atoms with Crippen LogP contribution in [0.5, 0.6) is 0 Å². The van der Waals surface area contributed by atoms with Crippen LogP contribution in [0.3, 0.4) is 0 Å². The molecule has 0 amide bonds. The van der Waals surface area contributed by atoms with Gasteiger partial charge in [-0.2, -0.15) is 0 Å². The third-order valence-corrected chi connectivity index (χ3v) is 6.01. The van der Waals surface area contributed by atoms with Crippen molar-refractivity contribution < 1.29 is 18.3 Å². The first-order valence-electron chi connectivity index (χ1n) is 7.43. The molecule has 1 aromatic heterocycles. The number of aromatic amines is 1. The van der Waals surface area contributed by atoms with Gasteiger partial charge in [0.05, 0.1) is 11.2 Å². The third-order valence-electron chi connectivity index (χ3n) is 3.94. The fourth-order valence-electron chi connectivity index (χ4n) is 2.53. The minimum absolute atomic E-state index is 0.181. The molecule has 0 saturated heterocycles. The number of aryl methyl sites for hydroxylation is 1. The molecule has 0 fully saturated rings. The second-order valence-electron chi connectivity index (χ2n) is 5.47. The predicted octanol–water partition coefficient (Wildman–Crippen LogP) is 2.30. The molecule has 0 radical (unpaired) electrons. The molecule has 0 aliphatic heterocycles. The van der Waals surface area contributed by atoms with Crippen molar-refractivity contribution in [2.75, 3.05) is 0 Å². The lowest BCUT2D eigenvalue weighted by molar-refractivity contribution is -0.141. The Bertz CT molecular complexity index is 727. The maximum Gasteiger partial charge on any atom is 0.307 e. The molecule has 1 heterocycles. The van der Waals surface area contributed by atoms with Crippen molar-refractivity contribution in [1.29, 1.82) is 0 Å². The number of hydrogen-bond donors (Lipinski definition) is 2. The number of nitrogens with one attached hydrogen (secondary N) is 1. The minimum atomic E-state index is -3.78. The van der Waals surface area contributed by atoms with Gasteiger partial charge in [0.15, 0.2) is 0 Å². The summed E-state index contributed by atoms with van der Waals surface area (Å²) >= 11 is 0. The van der Waals surface area contributed by atoms with Crippen LogP contribution in [0.2, 0.25) is 0 Å². The van der Waals surface area contributed by atoms with Gasteiger partial charge in [0.25, 0.3) is 0 Å². The number of rotatable bonds is 8. The summed E-state index contributed by atoms with van der Waals surface area (Å²) in [6.45, 7) is 1.43. The van der Waals surface area contributed by atoms with E-state index in [0.29, 0.717) is 12.8 Å². The van der Waals surface area contributed by atoms with Crippen molar-refractivity contribution in [3.63, 3.8) is 0 Å². The first kappa shape index (κ1) is 17.2. The zero-order valence-corrected chi connectivity index (χ0v) is 13.7. The second kappa shape index (κ2) is 7.41. The van der Waals surface area contributed by atoms with Gasteiger partial charge in [-0.1, -0.05) is 30.3 Å². The van der Waals surface area contributed by atoms with Gasteiger partial charge in [0.1, 0.15) is 0 Å². The molecule has 0 bridgehead atoms. The Morgan fingerprint density at radius 1 is 1.30 bits per heavy atom. The summed E-state index contributed by atoms with van der Waals surface area (Å²) in [6.07, 6.45) is 4.37. The Labute approximate surface area is 135 Å². The van der Waals surface area contributed by atoms with Gasteiger partial charge in [-0.15, -0.1) is 0 Å². The maximum atomic E-state index is 12.4. The predicted molar refractivity (Wildman–Crippen MR) is 85.7 cm³/mol. The van der Waals surface area contributed by atoms with Crippen molar-refractivity contribution >= 4 is 15.8 Å². The van der Waals surface area contributed by atoms with E-state index < -0.39 is 27.0 Å². The summed E-state index contributed by atoms with van der Waals surface area (Å²) in [6, 6.07) is 9.71. The molecule has 2 unspecified atom stereocenters. The van der Waals surface area contributed by atoms with Gasteiger partial charge >= 0.3 is 5.97 Å². The molecular formula is C16H20N2O4S. The van der Waals surface area contributed by atoms with Gasteiger partial charge in [-0.25, -0.2) is 13.4 Å². The van der Waals surface area contributed by atoms with Crippen LogP contribution < -0.4 is 0 Å². The number of aromatic nitrogens is 2. The fraction of sp³-hybridized carbons (Fsp3) is 0.375. The SMILES string of the molecule is CC(C(CCCc1ccccc1)C(=O)O)S(=O)(=O)c1ncc[nH]1. The molecule has 2 rings (SSSR count). The van der Waals surface area contributed by atoms with E-state index in [1.807, 2.05) is 30.3 Å². The highest BCUT2D eigenvalue weighted by atomic mass is 32.2. The molecule has 1 aromatic carbocycles. The number of benzene rings is 1. The van der Waals surface area contributed by atoms with E-state index in [0.717, 1.165) is 12.0 Å². The van der Waals surface area contributed by atoms with Crippen LogP contribution in [-0.2, 0) is 21.1 Å². The quantitative estimate of drug-likeness (QED) is 0.770. The Balaban J connectivity index is 2.05. The largest absolute Gasteiger partial charge is 0.481 e. The smallest absolute Gasteiger partial charge is 0.307 e. The zero-order valence-electron chi connectivity index (χ0n) is 12.8. The van der Waals surface area contributed by atoms with Gasteiger partial charge in [0, 0.05) is 12.4 Å². The van der Waals surface area contributed by atoms with E-state index >= 15 is 0 Å². The second-order valence-corrected chi connectivity index (χ2v) is 7.69. The molecule has 2 aromatic rings. The number of carbonyl (C=O) groups is 1. The molecule has 0 saturated carbocycles. The monoisotopic (exact) mass is 336 g/mol. The highest BCUT2D eigenvalue weighted by Gasteiger charge is 2.36. The van der Waals surface area contributed by atoms with E-state index in [1.54, 1.807) is 0 Å². The highest BCUT2D eigenvalue weighted by molar-refractivity contribution is 7.91. The van der Waals surface area contributed by atoms with Crippen LogP contribution in [0.4, 0.5) is 0 Å². The Morgan fingerprint density at radius 3 is 2.57 bits per heavy atom. The summed E-state index contributed by atoms with van der Waals surface area (Å²) in [4.78, 5) is 17.8. The summed E-state index contributed by atoms with van der Waals surface area (Å²) in [5.41, 5.74) is 1.11. The van der Waals surface area contributed by atoms with Crippen molar-refractivity contribution in [2.24, 2.45) is 5.92 Å². The van der Waals surface area contributed by atoms with E-state index in [4.69, 9.17) is 0 Å². The van der Waals surface area contributed by atoms with Gasteiger partial charge in [0.2, 0.25) is 15.0 Å². The lowest BCUT2D eigenvalue weighted by Gasteiger charge is -2.19. The molecule has 2 N–H and O–H groups in total. The summed E-state index contributed by atoms with van der Waals surface area (Å²) in [5.74, 6) is -2.06. The summed E-state index contributed by atoms with van der Waals surface area (Å²) in [5, 5.41) is 8.19. The van der Waals surface area contributed by atoms with Crippen LogP contribution in [-0.4, -0.2) is 34.7 Å². The summed E-state index contributed by atoms with van der Waals surface area (Å²) in [7, 11) is -3.78. The van der Waals surface area contributed by atoms with Gasteiger partial charge in [-0.05, 0) is 31.7 Å². The molecule has 6 nitrogen and oxygen atoms in total. The van der Waals surface area contributed by atoms with Gasteiger partial charge in [-0.3, -0.25) is 4.79 Å². The molecule has 2 atom stereocenters. The van der Waals surface area contributed by atoms with E-state index in [9.17, 15) is 18.3 Å². The number of nitrogens with zero attached hydrogens (tertiary/aromatic N) is 1. The average molecular weight is 336 g/mol. The molecular weight excluding hydrogens is 316 g/mol. The van der Waals surface area contributed by atoms with E-state index in [2.05, 4.69) is 9.97 Å². The summed E-state index contributed by atoms with van der Waals surface area (Å²) < 4.78 is 24.8. The lowest BCUT2D eigenvalue weighted by atomic mass is 9.97. The third kappa shape index (κ3) is 4.19. The molecule has 0 spiro atoms. The van der Waals surface area contributed by atoms with E-state index in [-0.39, 0.29) is 5.16 Å². The number of carboxylic acids is 1. The first-order chi connectivity index (χ1) is 10.9. The first-order valence-corrected chi connectivity index (χ1v) is 8.97. The Kier molecular flexibility index (Phi) is 5.54. The van der Waals surface area contributed by atoms with Crippen LogP contribution in [0.1, 0.15) is 25.3 Å². The lowest BCUT2D eigenvalue weighted by Crippen LogP contribution is -2.33. The number of hydrogen-bond acceptors (Lipinski definition) is 4. The molecule has 23 heavy (non-hydrogen) atoms. The molecule has 0 aliphatic carbocycles. The molecule has 7 heteroatoms. The average Bonchev–Trinajstić information content (AvgIpc) is 3.07. The number of aliphatic carboxylic acids is 1. The standard InChI is InChI=1S/C16H20N2O4S/c1-12(23(21,22)16-17-10-11-18-16)14(15(19)20)9-5-8-13-6-3-2-4-7-13/h2-4,6-7,10-12,14H,5,8-9H2,1H3,(H,17,18)(H,19,20). The highest BCUT2D eigenvalue weighted by Crippen LogP contribution is 2.23. The zero-order chi connectivity index (χ0) is 16.9. The Hall–Kier alpha value is -2.15. The van der Waals surface area contributed by atoms with Crippen molar-refractivity contribution in [2.45, 2.75) is 36.6 Å². The van der Waals surface area contributed by atoms with Crippen LogP contribution in [0.25, 0.3) is 0 Å². The molecule has 0 aliphatic rings. The van der Waals surface area contributed by atoms with Crippen LogP contribution >= 0.6 is 0 Å². The van der Waals surface area contributed by atoms with Crippen LogP contribution in [0.15, 0.2) is 47.9 Å². The van der Waals surface area contributed by atoms with Crippen molar-refractivity contribution in [3.8, 4) is 0 Å². The van der Waals surface area contributed by atoms with E-state index in [1.165, 1.54) is 19.3 Å². The van der Waals surface area contributed by atoms with Crippen molar-refractivity contribution in [3.05, 3.63) is 48.3 Å². The maximum absolute atomic E-state index is 12.4. The number of H-pyrrole nitrogens is 1. The van der Waals surface area contributed by atoms with Crippen LogP contribution in [0, 0.1) is 5.92 Å². The van der Waals surface area contributed by atoms with Crippen molar-refractivity contribution in [1.82, 2.24) is 9.97 Å². The fourth-order valence-corrected chi connectivity index (χ4v) is 4.01.